The summed E-state index contributed by atoms with van der Waals surface area (Å²) in [5.74, 6) is 0. The fourth-order valence-corrected chi connectivity index (χ4v) is 2.94. The van der Waals surface area contributed by atoms with Gasteiger partial charge < -0.3 is 10.6 Å². The molecule has 2 rings (SSSR count). The summed E-state index contributed by atoms with van der Waals surface area (Å²) in [7, 11) is 0. The number of carbonyl (C=O) groups is 1. The molecule has 0 saturated heterocycles. The normalized spacial score (nSPS) is 13.0. The molecule has 0 saturated carbocycles. The molecule has 0 spiro atoms. The average Bonchev–Trinajstić information content (AvgIpc) is 3.02. The molecule has 0 unspecified atom stereocenters. The molecule has 0 fully saturated rings. The molecule has 7 heteroatoms. The van der Waals surface area contributed by atoms with Crippen molar-refractivity contribution in [3.05, 3.63) is 33.5 Å². The first-order valence-corrected chi connectivity index (χ1v) is 8.56. The number of aryl methyl sites for hydroxylation is 2. The number of nitrogens with zero attached hydrogens (tertiary/aromatic N) is 3. The van der Waals surface area contributed by atoms with Crippen molar-refractivity contribution in [2.45, 2.75) is 59.7 Å². The monoisotopic (exact) mass is 335 g/mol. The maximum Gasteiger partial charge on any atom is 0.315 e. The molecule has 23 heavy (non-hydrogen) atoms. The molecule has 2 N–H and O–H groups in total. The van der Waals surface area contributed by atoms with Crippen molar-refractivity contribution in [2.24, 2.45) is 0 Å². The second-order valence-electron chi connectivity index (χ2n) is 6.69. The number of carbonyl (C=O) groups excluding carboxylic acids is 1. The lowest BCUT2D eigenvalue weighted by molar-refractivity contribution is 0.237. The summed E-state index contributed by atoms with van der Waals surface area (Å²) in [6, 6.07) is -0.290. The van der Waals surface area contributed by atoms with Crippen LogP contribution in [0.2, 0.25) is 0 Å². The van der Waals surface area contributed by atoms with Crippen LogP contribution >= 0.6 is 11.3 Å². The highest BCUT2D eigenvalue weighted by Crippen LogP contribution is 2.21. The van der Waals surface area contributed by atoms with Crippen LogP contribution < -0.4 is 10.6 Å². The summed E-state index contributed by atoms with van der Waals surface area (Å²) in [6.07, 6.45) is 2.01. The molecule has 2 amide bonds. The average molecular weight is 335 g/mol. The van der Waals surface area contributed by atoms with E-state index in [2.05, 4.69) is 41.5 Å². The fraction of sp³-hybridized carbons (Fsp3) is 0.562. The van der Waals surface area contributed by atoms with Crippen LogP contribution in [0.4, 0.5) is 4.79 Å². The van der Waals surface area contributed by atoms with Gasteiger partial charge in [0.2, 0.25) is 0 Å². The van der Waals surface area contributed by atoms with Crippen molar-refractivity contribution < 1.29 is 4.79 Å². The highest BCUT2D eigenvalue weighted by molar-refractivity contribution is 7.09. The minimum absolute atomic E-state index is 0.0747. The first kappa shape index (κ1) is 17.5. The predicted octanol–water partition coefficient (Wildman–Crippen LogP) is 3.27. The van der Waals surface area contributed by atoms with Crippen LogP contribution in [-0.4, -0.2) is 20.8 Å². The molecule has 0 aromatic carbocycles. The second-order valence-corrected chi connectivity index (χ2v) is 7.63. The molecule has 2 aromatic rings. The number of urea groups is 1. The Morgan fingerprint density at radius 3 is 2.57 bits per heavy atom. The lowest BCUT2D eigenvalue weighted by atomic mass is 10.1. The number of hydrogen-bond acceptors (Lipinski definition) is 4. The van der Waals surface area contributed by atoms with E-state index < -0.39 is 0 Å². The zero-order chi connectivity index (χ0) is 17.2. The van der Waals surface area contributed by atoms with Crippen molar-refractivity contribution in [2.75, 3.05) is 0 Å². The highest BCUT2D eigenvalue weighted by atomic mass is 32.1. The van der Waals surface area contributed by atoms with Crippen LogP contribution in [0, 0.1) is 13.8 Å². The summed E-state index contributed by atoms with van der Waals surface area (Å²) < 4.78 is 1.94. The standard InChI is InChI=1S/C16H25N5OS/c1-10(13-8-21(16(4,5)6)20-11(13)2)19-15(22)17-7-14-12(3)18-9-23-14/h8-10H,7H2,1-6H3,(H2,17,19,22)/t10-/m1/s1. The Labute approximate surface area is 141 Å². The minimum Gasteiger partial charge on any atom is -0.333 e. The first-order valence-electron chi connectivity index (χ1n) is 7.68. The van der Waals surface area contributed by atoms with Crippen LogP contribution in [0.3, 0.4) is 0 Å². The molecule has 0 aliphatic rings. The van der Waals surface area contributed by atoms with Crippen molar-refractivity contribution in [3.63, 3.8) is 0 Å². The lowest BCUT2D eigenvalue weighted by Gasteiger charge is -2.19. The Morgan fingerprint density at radius 2 is 2.04 bits per heavy atom. The Hall–Kier alpha value is -1.89. The van der Waals surface area contributed by atoms with E-state index in [1.54, 1.807) is 16.8 Å². The molecule has 0 aliphatic heterocycles. The Morgan fingerprint density at radius 1 is 1.35 bits per heavy atom. The number of aromatic nitrogens is 3. The van der Waals surface area contributed by atoms with Gasteiger partial charge in [-0.05, 0) is 41.5 Å². The van der Waals surface area contributed by atoms with E-state index in [1.165, 1.54) is 0 Å². The summed E-state index contributed by atoms with van der Waals surface area (Å²) in [5.41, 5.74) is 4.65. The van der Waals surface area contributed by atoms with E-state index in [0.29, 0.717) is 6.54 Å². The van der Waals surface area contributed by atoms with E-state index >= 15 is 0 Å². The van der Waals surface area contributed by atoms with Crippen LogP contribution in [0.1, 0.15) is 55.6 Å². The molecular weight excluding hydrogens is 310 g/mol. The lowest BCUT2D eigenvalue weighted by Crippen LogP contribution is -2.36. The molecule has 0 aliphatic carbocycles. The Bertz CT molecular complexity index is 683. The van der Waals surface area contributed by atoms with E-state index in [-0.39, 0.29) is 17.6 Å². The summed E-state index contributed by atoms with van der Waals surface area (Å²) in [6.45, 7) is 12.7. The van der Waals surface area contributed by atoms with Gasteiger partial charge in [0.25, 0.3) is 0 Å². The topological polar surface area (TPSA) is 71.8 Å². The molecule has 0 bridgehead atoms. The minimum atomic E-state index is -0.187. The third kappa shape index (κ3) is 4.31. The second kappa shape index (κ2) is 6.70. The van der Waals surface area contributed by atoms with Gasteiger partial charge in [0.15, 0.2) is 0 Å². The van der Waals surface area contributed by atoms with Gasteiger partial charge in [0.1, 0.15) is 0 Å². The summed E-state index contributed by atoms with van der Waals surface area (Å²) in [4.78, 5) is 17.3. The van der Waals surface area contributed by atoms with Crippen molar-refractivity contribution in [3.8, 4) is 0 Å². The van der Waals surface area contributed by atoms with E-state index in [4.69, 9.17) is 0 Å². The Kier molecular flexibility index (Phi) is 5.09. The maximum atomic E-state index is 12.1. The zero-order valence-electron chi connectivity index (χ0n) is 14.6. The van der Waals surface area contributed by atoms with E-state index in [1.807, 2.05) is 31.6 Å². The first-order chi connectivity index (χ1) is 10.7. The van der Waals surface area contributed by atoms with Gasteiger partial charge in [-0.1, -0.05) is 0 Å². The van der Waals surface area contributed by atoms with Crippen molar-refractivity contribution in [1.82, 2.24) is 25.4 Å². The third-order valence-corrected chi connectivity index (χ3v) is 4.63. The number of thiazole rings is 1. The predicted molar refractivity (Wildman–Crippen MR) is 92.6 cm³/mol. The highest BCUT2D eigenvalue weighted by Gasteiger charge is 2.20. The third-order valence-electron chi connectivity index (χ3n) is 3.69. The van der Waals surface area contributed by atoms with Crippen LogP contribution in [-0.2, 0) is 12.1 Å². The van der Waals surface area contributed by atoms with Gasteiger partial charge in [-0.15, -0.1) is 11.3 Å². The van der Waals surface area contributed by atoms with Crippen LogP contribution in [0.5, 0.6) is 0 Å². The van der Waals surface area contributed by atoms with Gasteiger partial charge in [0, 0.05) is 16.6 Å². The van der Waals surface area contributed by atoms with Gasteiger partial charge in [0.05, 0.1) is 35.0 Å². The van der Waals surface area contributed by atoms with Gasteiger partial charge >= 0.3 is 6.03 Å². The van der Waals surface area contributed by atoms with Crippen molar-refractivity contribution >= 4 is 17.4 Å². The maximum absolute atomic E-state index is 12.1. The molecule has 126 valence electrons. The van der Waals surface area contributed by atoms with E-state index in [9.17, 15) is 4.79 Å². The molecule has 2 heterocycles. The number of hydrogen-bond donors (Lipinski definition) is 2. The molecule has 1 atom stereocenters. The fourth-order valence-electron chi connectivity index (χ4n) is 2.22. The van der Waals surface area contributed by atoms with Gasteiger partial charge in [-0.2, -0.15) is 5.10 Å². The molecule has 2 aromatic heterocycles. The largest absolute Gasteiger partial charge is 0.333 e. The molecule has 6 nitrogen and oxygen atoms in total. The Balaban J connectivity index is 1.96. The van der Waals surface area contributed by atoms with Gasteiger partial charge in [-0.25, -0.2) is 9.78 Å². The van der Waals surface area contributed by atoms with E-state index in [0.717, 1.165) is 21.8 Å². The molecular formula is C16H25N5OS. The zero-order valence-corrected chi connectivity index (χ0v) is 15.4. The number of amides is 2. The quantitative estimate of drug-likeness (QED) is 0.901. The van der Waals surface area contributed by atoms with Crippen LogP contribution in [0.15, 0.2) is 11.7 Å². The van der Waals surface area contributed by atoms with Gasteiger partial charge in [-0.3, -0.25) is 4.68 Å². The summed E-state index contributed by atoms with van der Waals surface area (Å²) in [5, 5.41) is 10.4. The summed E-state index contributed by atoms with van der Waals surface area (Å²) >= 11 is 1.55. The van der Waals surface area contributed by atoms with Crippen molar-refractivity contribution in [1.29, 1.82) is 0 Å². The molecule has 0 radical (unpaired) electrons. The number of nitrogens with one attached hydrogen (secondary N) is 2. The SMILES string of the molecule is Cc1nn(C(C)(C)C)cc1[C@@H](C)NC(=O)NCc1scnc1C. The number of rotatable bonds is 4. The smallest absolute Gasteiger partial charge is 0.315 e. The van der Waals surface area contributed by atoms with Crippen LogP contribution in [0.25, 0.3) is 0 Å².